The Balaban J connectivity index is 0.000000217. The maximum absolute atomic E-state index is 9.52. The zero-order valence-electron chi connectivity index (χ0n) is 7.02. The van der Waals surface area contributed by atoms with Gasteiger partial charge in [0.2, 0.25) is 0 Å². The second-order valence-corrected chi connectivity index (χ2v) is 3.58. The Labute approximate surface area is 79.5 Å². The molecule has 0 aliphatic heterocycles. The van der Waals surface area contributed by atoms with E-state index >= 15 is 0 Å². The van der Waals surface area contributed by atoms with Crippen LogP contribution in [0, 0.1) is 6.92 Å². The number of rotatable bonds is 1. The summed E-state index contributed by atoms with van der Waals surface area (Å²) in [6.45, 7) is 2.08. The molecule has 1 aromatic carbocycles. The quantitative estimate of drug-likeness (QED) is 0.653. The first kappa shape index (κ1) is 11.6. The molecule has 0 saturated heterocycles. The molecule has 0 unspecified atom stereocenters. The summed E-state index contributed by atoms with van der Waals surface area (Å²) in [6, 6.07) is 10.3. The first-order valence-corrected chi connectivity index (χ1v) is 5.32. The fraction of sp³-hybridized carbons (Fsp3) is 0.250. The second-order valence-electron chi connectivity index (χ2n) is 2.03. The highest BCUT2D eigenvalue weighted by Gasteiger charge is 1.72. The van der Waals surface area contributed by atoms with E-state index in [1.807, 2.05) is 18.2 Å². The van der Waals surface area contributed by atoms with E-state index in [1.54, 1.807) is 0 Å². The van der Waals surface area contributed by atoms with E-state index < -0.39 is 9.64 Å². The molecule has 2 nitrogen and oxygen atoms in total. The third-order valence-corrected chi connectivity index (χ3v) is 1.76. The zero-order valence-corrected chi connectivity index (χ0v) is 8.65. The molecule has 0 radical (unpaired) electrons. The highest BCUT2D eigenvalue weighted by Crippen LogP contribution is 1.92. The van der Waals surface area contributed by atoms with Crippen LogP contribution in [0.15, 0.2) is 30.3 Å². The van der Waals surface area contributed by atoms with Crippen LogP contribution in [0.5, 0.6) is 0 Å². The normalized spacial score (nSPS) is 8.92. The molecule has 0 spiro atoms. The third-order valence-electron chi connectivity index (χ3n) is 1.08. The van der Waals surface area contributed by atoms with Gasteiger partial charge in [-0.3, -0.25) is 0 Å². The molecule has 0 atom stereocenters. The van der Waals surface area contributed by atoms with Gasteiger partial charge in [-0.2, -0.15) is 0 Å². The molecular weight excluding hydrogens is 192 g/mol. The van der Waals surface area contributed by atoms with Crippen molar-refractivity contribution >= 4 is 20.8 Å². The molecule has 0 bridgehead atoms. The minimum atomic E-state index is -1.49. The van der Waals surface area contributed by atoms with Gasteiger partial charge in [-0.05, 0) is 6.92 Å². The van der Waals surface area contributed by atoms with Crippen LogP contribution in [0.4, 0.5) is 0 Å². The zero-order chi connectivity index (χ0) is 9.40. The largest absolute Gasteiger partial charge is 0.446 e. The molecule has 1 rings (SSSR count). The highest BCUT2D eigenvalue weighted by molar-refractivity contribution is 8.19. The van der Waals surface area contributed by atoms with Gasteiger partial charge in [-0.15, -0.1) is 0 Å². The molecule has 0 aliphatic rings. The van der Waals surface area contributed by atoms with Gasteiger partial charge in [0.05, 0.1) is 0 Å². The predicted molar refractivity (Wildman–Crippen MR) is 53.6 cm³/mol. The van der Waals surface area contributed by atoms with E-state index in [0.717, 1.165) is 0 Å². The van der Waals surface area contributed by atoms with Gasteiger partial charge < -0.3 is 8.39 Å². The van der Waals surface area contributed by atoms with Crippen molar-refractivity contribution in [1.82, 2.24) is 0 Å². The maximum Gasteiger partial charge on any atom is 0.0141 e. The first-order chi connectivity index (χ1) is 5.66. The van der Waals surface area contributed by atoms with Gasteiger partial charge in [0.25, 0.3) is 0 Å². The average molecular weight is 203 g/mol. The Morgan fingerprint density at radius 1 is 1.33 bits per heavy atom. The van der Waals surface area contributed by atoms with Gasteiger partial charge in [0.15, 0.2) is 0 Å². The van der Waals surface area contributed by atoms with Crippen LogP contribution in [0.1, 0.15) is 5.56 Å². The molecule has 0 saturated carbocycles. The highest BCUT2D eigenvalue weighted by atomic mass is 32.8. The Morgan fingerprint density at radius 2 is 1.75 bits per heavy atom. The lowest BCUT2D eigenvalue weighted by Gasteiger charge is -1.86. The van der Waals surface area contributed by atoms with Crippen molar-refractivity contribution in [2.24, 2.45) is 0 Å². The summed E-state index contributed by atoms with van der Waals surface area (Å²) in [6.07, 6.45) is 0. The van der Waals surface area contributed by atoms with Crippen LogP contribution >= 0.6 is 0 Å². The van der Waals surface area contributed by atoms with E-state index in [2.05, 4.69) is 34.4 Å². The van der Waals surface area contributed by atoms with Crippen molar-refractivity contribution in [3.8, 4) is 0 Å². The number of benzene rings is 1. The lowest BCUT2D eigenvalue weighted by Crippen LogP contribution is -1.68. The van der Waals surface area contributed by atoms with Gasteiger partial charge in [-0.1, -0.05) is 45.5 Å². The minimum absolute atomic E-state index is 1.29. The molecule has 0 aromatic heterocycles. The summed E-state index contributed by atoms with van der Waals surface area (Å²) >= 11 is 4.03. The molecule has 0 amide bonds. The first-order valence-electron chi connectivity index (χ1n) is 3.32. The predicted octanol–water partition coefficient (Wildman–Crippen LogP) is 1.97. The Morgan fingerprint density at radius 3 is 1.92 bits per heavy atom. The van der Waals surface area contributed by atoms with Gasteiger partial charge in [0, 0.05) is 7.11 Å². The van der Waals surface area contributed by atoms with E-state index in [4.69, 9.17) is 0 Å². The molecule has 68 valence electrons. The van der Waals surface area contributed by atoms with Gasteiger partial charge >= 0.3 is 0 Å². The molecule has 0 fully saturated rings. The lowest BCUT2D eigenvalue weighted by atomic mass is 10.2. The molecule has 0 aliphatic carbocycles. The summed E-state index contributed by atoms with van der Waals surface area (Å²) in [7, 11) is -0.194. The van der Waals surface area contributed by atoms with Crippen molar-refractivity contribution in [2.45, 2.75) is 6.92 Å². The molecule has 4 heteroatoms. The smallest absolute Gasteiger partial charge is 0.0141 e. The number of hydrogen-bond donors (Lipinski definition) is 0. The molecule has 0 N–H and O–H groups in total. The average Bonchev–Trinajstić information content (AvgIpc) is 2.07. The van der Waals surface area contributed by atoms with Crippen LogP contribution in [-0.2, 0) is 29.2 Å². The van der Waals surface area contributed by atoms with Crippen molar-refractivity contribution in [3.05, 3.63) is 35.9 Å². The van der Waals surface area contributed by atoms with Crippen LogP contribution in [0.25, 0.3) is 0 Å². The maximum atomic E-state index is 9.52. The van der Waals surface area contributed by atoms with Crippen molar-refractivity contribution < 1.29 is 8.39 Å². The van der Waals surface area contributed by atoms with Crippen molar-refractivity contribution in [1.29, 1.82) is 0 Å². The second kappa shape index (κ2) is 7.21. The number of aryl methyl sites for hydroxylation is 1. The molecule has 1 aromatic rings. The van der Waals surface area contributed by atoms with Gasteiger partial charge in [-0.25, -0.2) is 11.2 Å². The molecular formula is C8H11O2S2-. The fourth-order valence-electron chi connectivity index (χ4n) is 0.534. The standard InChI is InChI=1S/C7H8.CH3O2S2/c1-7-5-3-2-4-6-7;1-3-5(2)4/h2-6H,1H3;1H3/q;-1. The van der Waals surface area contributed by atoms with E-state index in [1.165, 1.54) is 12.7 Å². The summed E-state index contributed by atoms with van der Waals surface area (Å²) in [5.41, 5.74) is 1.32. The summed E-state index contributed by atoms with van der Waals surface area (Å²) in [5, 5.41) is 0. The van der Waals surface area contributed by atoms with E-state index in [-0.39, 0.29) is 0 Å². The third kappa shape index (κ3) is 7.65. The Bertz CT molecular complexity index is 260. The lowest BCUT2D eigenvalue weighted by molar-refractivity contribution is 0.444. The summed E-state index contributed by atoms with van der Waals surface area (Å²) < 4.78 is 13.6. The summed E-state index contributed by atoms with van der Waals surface area (Å²) in [5.74, 6) is 0. The molecule has 0 heterocycles. The van der Waals surface area contributed by atoms with Crippen LogP contribution in [-0.4, -0.2) is 7.11 Å². The van der Waals surface area contributed by atoms with Crippen LogP contribution < -0.4 is 0 Å². The van der Waals surface area contributed by atoms with Crippen LogP contribution in [0.2, 0.25) is 0 Å². The van der Waals surface area contributed by atoms with Gasteiger partial charge in [0.1, 0.15) is 0 Å². The van der Waals surface area contributed by atoms with Crippen LogP contribution in [0.3, 0.4) is 0 Å². The Hall–Kier alpha value is -0.450. The topological polar surface area (TPSA) is 26.3 Å². The number of hydrogen-bond acceptors (Lipinski definition) is 4. The van der Waals surface area contributed by atoms with Crippen molar-refractivity contribution in [3.63, 3.8) is 0 Å². The molecule has 12 heavy (non-hydrogen) atoms. The van der Waals surface area contributed by atoms with E-state index in [0.29, 0.717) is 0 Å². The summed E-state index contributed by atoms with van der Waals surface area (Å²) in [4.78, 5) is 0. The fourth-order valence-corrected chi connectivity index (χ4v) is 0.534. The van der Waals surface area contributed by atoms with E-state index in [9.17, 15) is 4.21 Å². The Kier molecular flexibility index (Phi) is 6.94. The monoisotopic (exact) mass is 203 g/mol. The van der Waals surface area contributed by atoms with Crippen molar-refractivity contribution in [2.75, 3.05) is 7.11 Å². The SMILES string of the molecule is CO[S-](=O)=S.Cc1ccccc1. The minimum Gasteiger partial charge on any atom is -0.446 e.